The Hall–Kier alpha value is -2.18. The zero-order valence-electron chi connectivity index (χ0n) is 14.1. The number of thiazole rings is 1. The van der Waals surface area contributed by atoms with Gasteiger partial charge in [0.2, 0.25) is 5.91 Å². The second-order valence-electron chi connectivity index (χ2n) is 5.82. The smallest absolute Gasteiger partial charge is 0.220 e. The second kappa shape index (κ2) is 8.27. The number of para-hydroxylation sites is 1. The monoisotopic (exact) mass is 371 g/mol. The van der Waals surface area contributed by atoms with E-state index in [1.807, 2.05) is 31.2 Å². The number of nitrogens with zero attached hydrogens (tertiary/aromatic N) is 1. The molecule has 3 N–H and O–H groups in total. The lowest BCUT2D eigenvalue weighted by atomic mass is 10.1. The normalized spacial score (nSPS) is 10.8. The quantitative estimate of drug-likeness (QED) is 0.616. The van der Waals surface area contributed by atoms with Crippen LogP contribution in [0, 0.1) is 6.92 Å². The number of hydrogen-bond donors (Lipinski definition) is 2. The van der Waals surface area contributed by atoms with Crippen LogP contribution < -0.4 is 11.1 Å². The molecule has 25 heavy (non-hydrogen) atoms. The van der Waals surface area contributed by atoms with Gasteiger partial charge in [0.25, 0.3) is 0 Å². The molecule has 2 aromatic heterocycles. The Balaban J connectivity index is 1.43. The van der Waals surface area contributed by atoms with Gasteiger partial charge in [-0.3, -0.25) is 4.79 Å². The molecule has 0 aliphatic rings. The van der Waals surface area contributed by atoms with E-state index in [0.29, 0.717) is 19.4 Å². The van der Waals surface area contributed by atoms with Gasteiger partial charge in [0.15, 0.2) is 0 Å². The van der Waals surface area contributed by atoms with Gasteiger partial charge in [0.05, 0.1) is 15.6 Å². The van der Waals surface area contributed by atoms with Crippen LogP contribution >= 0.6 is 22.7 Å². The number of anilines is 1. The van der Waals surface area contributed by atoms with Crippen molar-refractivity contribution in [3.63, 3.8) is 0 Å². The fraction of sp³-hybridized carbons (Fsp3) is 0.263. The summed E-state index contributed by atoms with van der Waals surface area (Å²) >= 11 is 3.40. The van der Waals surface area contributed by atoms with E-state index in [2.05, 4.69) is 27.8 Å². The van der Waals surface area contributed by atoms with Crippen LogP contribution in [0.5, 0.6) is 0 Å². The van der Waals surface area contributed by atoms with Gasteiger partial charge in [-0.05, 0) is 43.5 Å². The molecule has 2 heterocycles. The van der Waals surface area contributed by atoms with Crippen molar-refractivity contribution < 1.29 is 4.79 Å². The van der Waals surface area contributed by atoms with Crippen LogP contribution in [0.3, 0.4) is 0 Å². The van der Waals surface area contributed by atoms with E-state index in [-0.39, 0.29) is 5.91 Å². The van der Waals surface area contributed by atoms with Gasteiger partial charge in [-0.2, -0.15) is 0 Å². The number of nitrogens with two attached hydrogens (primary N) is 1. The SMILES string of the molecule is Cc1nc(-c2ccc(CCNC(=O)CCc3ccccc3N)s2)cs1. The van der Waals surface area contributed by atoms with Gasteiger partial charge in [-0.25, -0.2) is 4.98 Å². The Morgan fingerprint density at radius 3 is 2.80 bits per heavy atom. The molecule has 3 aromatic rings. The molecule has 0 saturated heterocycles. The summed E-state index contributed by atoms with van der Waals surface area (Å²) in [6, 6.07) is 11.9. The van der Waals surface area contributed by atoms with Crippen molar-refractivity contribution in [1.82, 2.24) is 10.3 Å². The molecule has 0 saturated carbocycles. The maximum atomic E-state index is 12.0. The topological polar surface area (TPSA) is 68.0 Å². The fourth-order valence-corrected chi connectivity index (χ4v) is 4.21. The lowest BCUT2D eigenvalue weighted by Crippen LogP contribution is -2.25. The Bertz CT molecular complexity index is 854. The number of nitrogens with one attached hydrogen (secondary N) is 1. The highest BCUT2D eigenvalue weighted by Crippen LogP contribution is 2.29. The molecule has 0 unspecified atom stereocenters. The number of amides is 1. The molecular formula is C19H21N3OS2. The van der Waals surface area contributed by atoms with E-state index in [1.54, 1.807) is 22.7 Å². The third-order valence-corrected chi connectivity index (χ3v) is 5.84. The molecule has 0 radical (unpaired) electrons. The number of aryl methyl sites for hydroxylation is 2. The van der Waals surface area contributed by atoms with Crippen molar-refractivity contribution in [3.05, 3.63) is 57.2 Å². The van der Waals surface area contributed by atoms with E-state index < -0.39 is 0 Å². The molecule has 1 amide bonds. The minimum absolute atomic E-state index is 0.0650. The van der Waals surface area contributed by atoms with Gasteiger partial charge in [-0.1, -0.05) is 18.2 Å². The summed E-state index contributed by atoms with van der Waals surface area (Å²) in [6.45, 7) is 2.67. The zero-order chi connectivity index (χ0) is 17.6. The number of rotatable bonds is 7. The summed E-state index contributed by atoms with van der Waals surface area (Å²) in [5.41, 5.74) is 8.72. The standard InChI is InChI=1S/C19H21N3OS2/c1-13-22-17(12-24-13)18-8-7-15(25-18)10-11-21-19(23)9-6-14-4-2-3-5-16(14)20/h2-5,7-8,12H,6,9-11,20H2,1H3,(H,21,23). The lowest BCUT2D eigenvalue weighted by Gasteiger charge is -2.06. The van der Waals surface area contributed by atoms with Crippen LogP contribution in [0.25, 0.3) is 10.6 Å². The molecular weight excluding hydrogens is 350 g/mol. The van der Waals surface area contributed by atoms with Gasteiger partial charge < -0.3 is 11.1 Å². The van der Waals surface area contributed by atoms with Crippen LogP contribution in [0.1, 0.15) is 21.9 Å². The first-order valence-corrected chi connectivity index (χ1v) is 9.93. The van der Waals surface area contributed by atoms with E-state index in [0.717, 1.165) is 28.4 Å². The fourth-order valence-electron chi connectivity index (χ4n) is 2.55. The summed E-state index contributed by atoms with van der Waals surface area (Å²) in [7, 11) is 0. The summed E-state index contributed by atoms with van der Waals surface area (Å²) in [5.74, 6) is 0.0650. The summed E-state index contributed by atoms with van der Waals surface area (Å²) in [6.07, 6.45) is 1.97. The van der Waals surface area contributed by atoms with Crippen LogP contribution in [0.15, 0.2) is 41.8 Å². The molecule has 0 bridgehead atoms. The van der Waals surface area contributed by atoms with Crippen molar-refractivity contribution in [2.24, 2.45) is 0 Å². The maximum Gasteiger partial charge on any atom is 0.220 e. The molecule has 4 nitrogen and oxygen atoms in total. The number of carbonyl (C=O) groups excluding carboxylic acids is 1. The molecule has 130 valence electrons. The van der Waals surface area contributed by atoms with E-state index in [1.165, 1.54) is 9.75 Å². The Kier molecular flexibility index (Phi) is 5.83. The van der Waals surface area contributed by atoms with Crippen LogP contribution in [0.2, 0.25) is 0 Å². The highest BCUT2D eigenvalue weighted by molar-refractivity contribution is 7.16. The Morgan fingerprint density at radius 2 is 2.04 bits per heavy atom. The molecule has 0 spiro atoms. The van der Waals surface area contributed by atoms with E-state index in [4.69, 9.17) is 5.73 Å². The van der Waals surface area contributed by atoms with Crippen molar-refractivity contribution in [3.8, 4) is 10.6 Å². The number of carbonyl (C=O) groups is 1. The average Bonchev–Trinajstić information content (AvgIpc) is 3.23. The highest BCUT2D eigenvalue weighted by Gasteiger charge is 2.07. The molecule has 6 heteroatoms. The third-order valence-electron chi connectivity index (χ3n) is 3.90. The average molecular weight is 372 g/mol. The molecule has 0 aliphatic heterocycles. The zero-order valence-corrected chi connectivity index (χ0v) is 15.8. The minimum Gasteiger partial charge on any atom is -0.399 e. The van der Waals surface area contributed by atoms with Gasteiger partial charge in [0, 0.05) is 28.9 Å². The van der Waals surface area contributed by atoms with Crippen molar-refractivity contribution >= 4 is 34.3 Å². The van der Waals surface area contributed by atoms with E-state index >= 15 is 0 Å². The number of benzene rings is 1. The highest BCUT2D eigenvalue weighted by atomic mass is 32.1. The predicted molar refractivity (Wildman–Crippen MR) is 106 cm³/mol. The Morgan fingerprint density at radius 1 is 1.20 bits per heavy atom. The minimum atomic E-state index is 0.0650. The predicted octanol–water partition coefficient (Wildman–Crippen LogP) is 4.05. The van der Waals surface area contributed by atoms with Crippen LogP contribution in [-0.2, 0) is 17.6 Å². The first-order valence-electron chi connectivity index (χ1n) is 8.23. The summed E-state index contributed by atoms with van der Waals surface area (Å²) < 4.78 is 0. The number of thiophene rings is 1. The Labute approximate surface area is 155 Å². The molecule has 0 aliphatic carbocycles. The molecule has 1 aromatic carbocycles. The van der Waals surface area contributed by atoms with Crippen molar-refractivity contribution in [1.29, 1.82) is 0 Å². The first-order chi connectivity index (χ1) is 12.1. The summed E-state index contributed by atoms with van der Waals surface area (Å²) in [5, 5.41) is 6.15. The maximum absolute atomic E-state index is 12.0. The molecule has 3 rings (SSSR count). The number of aromatic nitrogens is 1. The lowest BCUT2D eigenvalue weighted by molar-refractivity contribution is -0.121. The van der Waals surface area contributed by atoms with Gasteiger partial charge >= 0.3 is 0 Å². The number of hydrogen-bond acceptors (Lipinski definition) is 5. The number of nitrogen functional groups attached to an aromatic ring is 1. The summed E-state index contributed by atoms with van der Waals surface area (Å²) in [4.78, 5) is 18.9. The van der Waals surface area contributed by atoms with Crippen molar-refractivity contribution in [2.75, 3.05) is 12.3 Å². The third kappa shape index (κ3) is 4.90. The first kappa shape index (κ1) is 17.6. The van der Waals surface area contributed by atoms with Crippen LogP contribution in [-0.4, -0.2) is 17.4 Å². The largest absolute Gasteiger partial charge is 0.399 e. The van der Waals surface area contributed by atoms with Gasteiger partial charge in [-0.15, -0.1) is 22.7 Å². The van der Waals surface area contributed by atoms with Crippen molar-refractivity contribution in [2.45, 2.75) is 26.2 Å². The molecule has 0 fully saturated rings. The second-order valence-corrected chi connectivity index (χ2v) is 8.05. The van der Waals surface area contributed by atoms with E-state index in [9.17, 15) is 4.79 Å². The van der Waals surface area contributed by atoms with Gasteiger partial charge in [0.1, 0.15) is 0 Å². The molecule has 0 atom stereocenters. The van der Waals surface area contributed by atoms with Crippen LogP contribution in [0.4, 0.5) is 5.69 Å².